The molecule has 1 saturated heterocycles. The molecule has 4 aliphatic rings. The minimum absolute atomic E-state index is 0.0220. The molecule has 1 aliphatic carbocycles. The number of nitrogens with two attached hydrogens (primary N) is 1. The lowest BCUT2D eigenvalue weighted by Gasteiger charge is -2.39. The molecule has 0 aromatic rings. The van der Waals surface area contributed by atoms with Gasteiger partial charge in [0.15, 0.2) is 0 Å². The number of nitriles is 1. The highest BCUT2D eigenvalue weighted by atomic mass is 19.1. The van der Waals surface area contributed by atoms with Crippen molar-refractivity contribution in [3.63, 3.8) is 0 Å². The molecular weight excluding hydrogens is 469 g/mol. The lowest BCUT2D eigenvalue weighted by atomic mass is 10.00. The first-order chi connectivity index (χ1) is 17.7. The zero-order valence-corrected chi connectivity index (χ0v) is 22.3. The van der Waals surface area contributed by atoms with E-state index >= 15 is 4.39 Å². The molecule has 1 fully saturated rings. The number of likely N-dealkylation sites (N-methyl/N-ethyl adjacent to an activating group) is 2. The van der Waals surface area contributed by atoms with E-state index in [2.05, 4.69) is 36.0 Å². The maximum absolute atomic E-state index is 15.0. The normalized spacial score (nSPS) is 25.3. The fourth-order valence-electron chi connectivity index (χ4n) is 5.54. The van der Waals surface area contributed by atoms with Crippen molar-refractivity contribution in [3.8, 4) is 6.07 Å². The third kappa shape index (κ3) is 5.55. The molecule has 2 N–H and O–H groups in total. The Morgan fingerprint density at radius 3 is 2.86 bits per heavy atom. The van der Waals surface area contributed by atoms with Gasteiger partial charge in [-0.05, 0) is 45.8 Å². The Kier molecular flexibility index (Phi) is 8.30. The number of carbonyl (C=O) groups excluding carboxylic acids is 1. The Morgan fingerprint density at radius 2 is 2.16 bits per heavy atom. The number of nitrogens with zero attached hydrogens (tertiary/aromatic N) is 6. The van der Waals surface area contributed by atoms with Crippen LogP contribution in [0.4, 0.5) is 4.39 Å². The average molecular weight is 508 g/mol. The molecule has 0 bridgehead atoms. The highest BCUT2D eigenvalue weighted by Gasteiger charge is 2.41. The van der Waals surface area contributed by atoms with Gasteiger partial charge in [0.2, 0.25) is 0 Å². The topological polar surface area (TPSA) is 92.2 Å². The first-order valence-corrected chi connectivity index (χ1v) is 13.2. The summed E-state index contributed by atoms with van der Waals surface area (Å²) in [5.74, 6) is 0.781. The molecule has 1 amide bonds. The zero-order valence-electron chi connectivity index (χ0n) is 22.3. The van der Waals surface area contributed by atoms with Crippen LogP contribution in [-0.2, 0) is 4.79 Å². The van der Waals surface area contributed by atoms with E-state index in [1.54, 1.807) is 6.08 Å². The highest BCUT2D eigenvalue weighted by molar-refractivity contribution is 5.99. The van der Waals surface area contributed by atoms with Gasteiger partial charge in [0, 0.05) is 56.5 Å². The van der Waals surface area contributed by atoms with Crippen LogP contribution in [0.2, 0.25) is 0 Å². The van der Waals surface area contributed by atoms with E-state index in [9.17, 15) is 10.1 Å². The Morgan fingerprint density at radius 1 is 1.38 bits per heavy atom. The second-order valence-corrected chi connectivity index (χ2v) is 10.3. The third-order valence-electron chi connectivity index (χ3n) is 7.41. The maximum Gasteiger partial charge on any atom is 0.257 e. The van der Waals surface area contributed by atoms with Gasteiger partial charge in [-0.1, -0.05) is 25.0 Å². The Labute approximate surface area is 219 Å². The fraction of sp³-hybridized carbons (Fsp3) is 0.536. The van der Waals surface area contributed by atoms with Crippen molar-refractivity contribution in [3.05, 3.63) is 58.9 Å². The van der Waals surface area contributed by atoms with E-state index in [0.717, 1.165) is 49.5 Å². The molecule has 37 heavy (non-hydrogen) atoms. The van der Waals surface area contributed by atoms with Gasteiger partial charge >= 0.3 is 0 Å². The number of allylic oxidation sites excluding steroid dienone is 4. The number of likely N-dealkylation sites (tertiary alicyclic amines) is 1. The summed E-state index contributed by atoms with van der Waals surface area (Å²) in [7, 11) is 2.01. The fourth-order valence-corrected chi connectivity index (χ4v) is 5.54. The number of aliphatic imine (C=N–C) groups is 1. The van der Waals surface area contributed by atoms with Crippen molar-refractivity contribution in [2.45, 2.75) is 71.0 Å². The first-order valence-electron chi connectivity index (χ1n) is 13.2. The van der Waals surface area contributed by atoms with Crippen LogP contribution in [0.1, 0.15) is 52.9 Å². The Balaban J connectivity index is 1.66. The van der Waals surface area contributed by atoms with E-state index < -0.39 is 5.83 Å². The molecule has 0 saturated carbocycles. The largest absolute Gasteiger partial charge is 0.355 e. The monoisotopic (exact) mass is 507 g/mol. The number of fused-ring (bicyclic) bond motifs is 1. The number of hydrogen-bond acceptors (Lipinski definition) is 7. The second kappa shape index (κ2) is 11.4. The van der Waals surface area contributed by atoms with Gasteiger partial charge in [-0.2, -0.15) is 5.26 Å². The van der Waals surface area contributed by atoms with E-state index in [0.29, 0.717) is 25.1 Å². The number of halogens is 1. The summed E-state index contributed by atoms with van der Waals surface area (Å²) >= 11 is 0. The van der Waals surface area contributed by atoms with Gasteiger partial charge in [0.05, 0.1) is 23.7 Å². The molecule has 8 nitrogen and oxygen atoms in total. The smallest absolute Gasteiger partial charge is 0.257 e. The molecule has 3 atom stereocenters. The van der Waals surface area contributed by atoms with Crippen molar-refractivity contribution >= 4 is 11.7 Å². The molecular formula is C28H38FN7O. The molecule has 3 heterocycles. The van der Waals surface area contributed by atoms with Gasteiger partial charge < -0.3 is 15.5 Å². The predicted molar refractivity (Wildman–Crippen MR) is 143 cm³/mol. The van der Waals surface area contributed by atoms with E-state index in [1.807, 2.05) is 29.9 Å². The highest BCUT2D eigenvalue weighted by Crippen LogP contribution is 2.34. The molecule has 0 aromatic heterocycles. The van der Waals surface area contributed by atoms with Crippen LogP contribution in [0.15, 0.2) is 63.9 Å². The molecule has 0 radical (unpaired) electrons. The van der Waals surface area contributed by atoms with Crippen LogP contribution in [0.3, 0.4) is 0 Å². The molecule has 198 valence electrons. The van der Waals surface area contributed by atoms with Crippen LogP contribution < -0.4 is 5.73 Å². The summed E-state index contributed by atoms with van der Waals surface area (Å²) in [5.41, 5.74) is 7.47. The summed E-state index contributed by atoms with van der Waals surface area (Å²) in [6, 6.07) is 1.80. The standard InChI is InChI=1S/C28H38FN7O/c1-5-34(18-20(3)31)27-19(2)17-36-26(32-27)15-25(33(36)4)24-12-7-6-8-13-35(24)28(37)22-11-9-10-21(16-30)14-23(22)29/h9,11,14-15,17,20,24-25H,5-8,10,12-13,18,31H2,1-4H3/t20-,24?,25?/m0/s1. The van der Waals surface area contributed by atoms with Gasteiger partial charge in [-0.3, -0.25) is 9.80 Å². The number of amides is 1. The van der Waals surface area contributed by atoms with Crippen LogP contribution in [-0.4, -0.2) is 76.4 Å². The summed E-state index contributed by atoms with van der Waals surface area (Å²) in [6.07, 6.45) is 12.7. The minimum atomic E-state index is -0.643. The van der Waals surface area contributed by atoms with E-state index in [-0.39, 0.29) is 29.6 Å². The van der Waals surface area contributed by atoms with E-state index in [4.69, 9.17) is 10.7 Å². The summed E-state index contributed by atoms with van der Waals surface area (Å²) < 4.78 is 15.0. The summed E-state index contributed by atoms with van der Waals surface area (Å²) in [6.45, 7) is 8.23. The predicted octanol–water partition coefficient (Wildman–Crippen LogP) is 3.75. The molecule has 0 aromatic carbocycles. The van der Waals surface area contributed by atoms with Crippen LogP contribution in [0.25, 0.3) is 0 Å². The number of hydrogen-bond donors (Lipinski definition) is 1. The molecule has 2 unspecified atom stereocenters. The van der Waals surface area contributed by atoms with Crippen molar-refractivity contribution < 1.29 is 9.18 Å². The number of hydrazine groups is 1. The number of rotatable bonds is 5. The lowest BCUT2D eigenvalue weighted by Crippen LogP contribution is -2.52. The molecule has 9 heteroatoms. The summed E-state index contributed by atoms with van der Waals surface area (Å²) in [5, 5.41) is 13.4. The first kappa shape index (κ1) is 26.8. The maximum atomic E-state index is 15.0. The number of carbonyl (C=O) groups is 1. The van der Waals surface area contributed by atoms with Gasteiger partial charge in [0.1, 0.15) is 17.5 Å². The Hall–Kier alpha value is -3.22. The number of amidine groups is 1. The van der Waals surface area contributed by atoms with Crippen molar-refractivity contribution in [2.24, 2.45) is 10.7 Å². The summed E-state index contributed by atoms with van der Waals surface area (Å²) in [4.78, 5) is 22.8. The third-order valence-corrected chi connectivity index (χ3v) is 7.41. The van der Waals surface area contributed by atoms with E-state index in [1.165, 1.54) is 12.2 Å². The lowest BCUT2D eigenvalue weighted by molar-refractivity contribution is -0.130. The van der Waals surface area contributed by atoms with Gasteiger partial charge in [-0.15, -0.1) is 0 Å². The molecule has 0 spiro atoms. The minimum Gasteiger partial charge on any atom is -0.355 e. The molecule has 3 aliphatic heterocycles. The van der Waals surface area contributed by atoms with Crippen molar-refractivity contribution in [1.29, 1.82) is 5.26 Å². The van der Waals surface area contributed by atoms with Crippen molar-refractivity contribution in [1.82, 2.24) is 19.8 Å². The quantitative estimate of drug-likeness (QED) is 0.609. The molecule has 4 rings (SSSR count). The van der Waals surface area contributed by atoms with Crippen LogP contribution >= 0.6 is 0 Å². The van der Waals surface area contributed by atoms with Crippen molar-refractivity contribution in [2.75, 3.05) is 26.7 Å². The van der Waals surface area contributed by atoms with Crippen LogP contribution in [0.5, 0.6) is 0 Å². The van der Waals surface area contributed by atoms with Crippen LogP contribution in [0, 0.1) is 11.3 Å². The second-order valence-electron chi connectivity index (χ2n) is 10.3. The SMILES string of the molecule is CCN(C[C@H](C)N)C1=NC2=CC(C3CCCCCN3C(=O)C3=C(F)C=C(C#N)CC=C3)N(C)N2C=C1C. The average Bonchev–Trinajstić information content (AvgIpc) is 3.05. The Bertz CT molecular complexity index is 1140. The van der Waals surface area contributed by atoms with Gasteiger partial charge in [-0.25, -0.2) is 14.4 Å². The zero-order chi connectivity index (χ0) is 26.7. The van der Waals surface area contributed by atoms with Gasteiger partial charge in [0.25, 0.3) is 5.91 Å².